The summed E-state index contributed by atoms with van der Waals surface area (Å²) in [6.07, 6.45) is -2.97. The van der Waals surface area contributed by atoms with Crippen molar-refractivity contribution in [2.45, 2.75) is 44.6 Å². The summed E-state index contributed by atoms with van der Waals surface area (Å²) in [4.78, 5) is 25.7. The van der Waals surface area contributed by atoms with E-state index in [0.29, 0.717) is 18.5 Å². The molecule has 0 unspecified atom stereocenters. The maximum absolute atomic E-state index is 12.9. The van der Waals surface area contributed by atoms with Gasteiger partial charge in [-0.25, -0.2) is 4.79 Å². The summed E-state index contributed by atoms with van der Waals surface area (Å²) < 4.78 is 38.8. The Morgan fingerprint density at radius 2 is 1.90 bits per heavy atom. The molecule has 2 N–H and O–H groups in total. The minimum atomic E-state index is -4.40. The zero-order valence-corrected chi connectivity index (χ0v) is 16.4. The van der Waals surface area contributed by atoms with Crippen molar-refractivity contribution >= 4 is 11.9 Å². The molecule has 0 aromatic heterocycles. The van der Waals surface area contributed by atoms with Gasteiger partial charge in [0.05, 0.1) is 23.2 Å². The highest BCUT2D eigenvalue weighted by Gasteiger charge is 2.33. The summed E-state index contributed by atoms with van der Waals surface area (Å²) in [7, 11) is 0. The van der Waals surface area contributed by atoms with Crippen LogP contribution in [0.1, 0.15) is 52.9 Å². The molecule has 3 rings (SSSR count). The van der Waals surface area contributed by atoms with Crippen molar-refractivity contribution < 1.29 is 27.9 Å². The van der Waals surface area contributed by atoms with Crippen molar-refractivity contribution in [1.29, 1.82) is 0 Å². The van der Waals surface area contributed by atoms with Crippen LogP contribution in [0.3, 0.4) is 0 Å². The monoisotopic (exact) mass is 420 g/mol. The van der Waals surface area contributed by atoms with Crippen LogP contribution >= 0.6 is 0 Å². The number of carboxylic acid groups (broad SMARTS) is 1. The lowest BCUT2D eigenvalue weighted by atomic mass is 10.1. The first-order valence-electron chi connectivity index (χ1n) is 9.69. The van der Waals surface area contributed by atoms with Crippen LogP contribution in [0, 0.1) is 0 Å². The first-order chi connectivity index (χ1) is 14.1. The van der Waals surface area contributed by atoms with Gasteiger partial charge < -0.3 is 10.4 Å². The van der Waals surface area contributed by atoms with Crippen LogP contribution < -0.4 is 5.32 Å². The number of nitrogens with zero attached hydrogens (tertiary/aromatic N) is 1. The second-order valence-electron chi connectivity index (χ2n) is 7.48. The van der Waals surface area contributed by atoms with Crippen LogP contribution in [-0.4, -0.2) is 34.5 Å². The molecule has 30 heavy (non-hydrogen) atoms. The molecular weight excluding hydrogens is 397 g/mol. The van der Waals surface area contributed by atoms with E-state index < -0.39 is 23.8 Å². The van der Waals surface area contributed by atoms with Crippen LogP contribution in [0.15, 0.2) is 48.5 Å². The van der Waals surface area contributed by atoms with E-state index in [2.05, 4.69) is 5.32 Å². The number of hydrogen-bond acceptors (Lipinski definition) is 3. The van der Waals surface area contributed by atoms with Gasteiger partial charge in [-0.1, -0.05) is 30.3 Å². The molecule has 1 amide bonds. The SMILES string of the molecule is C[C@H](NC(=O)[C@H]1CCCN1Cc1cccc(C(F)(F)F)c1)c1ccc(C(=O)O)cc1. The number of rotatable bonds is 6. The van der Waals surface area contributed by atoms with Gasteiger partial charge in [-0.05, 0) is 55.6 Å². The number of aromatic carboxylic acids is 1. The maximum atomic E-state index is 12.9. The zero-order valence-electron chi connectivity index (χ0n) is 16.4. The molecule has 8 heteroatoms. The Kier molecular flexibility index (Phi) is 6.45. The molecular formula is C22H23F3N2O3. The minimum Gasteiger partial charge on any atom is -0.478 e. The summed E-state index contributed by atoms with van der Waals surface area (Å²) in [5.74, 6) is -1.20. The van der Waals surface area contributed by atoms with Gasteiger partial charge >= 0.3 is 12.1 Å². The van der Waals surface area contributed by atoms with Gasteiger partial charge in [-0.3, -0.25) is 9.69 Å². The number of amides is 1. The average molecular weight is 420 g/mol. The Balaban J connectivity index is 1.65. The molecule has 1 saturated heterocycles. The van der Waals surface area contributed by atoms with Crippen molar-refractivity contribution in [3.63, 3.8) is 0 Å². The Bertz CT molecular complexity index is 913. The number of alkyl halides is 3. The molecule has 0 radical (unpaired) electrons. The van der Waals surface area contributed by atoms with Crippen LogP contribution in [0.4, 0.5) is 13.2 Å². The van der Waals surface area contributed by atoms with E-state index in [-0.39, 0.29) is 24.1 Å². The van der Waals surface area contributed by atoms with E-state index in [4.69, 9.17) is 5.11 Å². The third-order valence-electron chi connectivity index (χ3n) is 5.32. The lowest BCUT2D eigenvalue weighted by molar-refractivity contribution is -0.137. The van der Waals surface area contributed by atoms with Crippen LogP contribution in [0.2, 0.25) is 0 Å². The van der Waals surface area contributed by atoms with Gasteiger partial charge in [-0.2, -0.15) is 13.2 Å². The van der Waals surface area contributed by atoms with E-state index in [1.165, 1.54) is 18.2 Å². The first-order valence-corrected chi connectivity index (χ1v) is 9.69. The number of hydrogen-bond donors (Lipinski definition) is 2. The summed E-state index contributed by atoms with van der Waals surface area (Å²) in [5, 5.41) is 11.9. The Hall–Kier alpha value is -2.87. The van der Waals surface area contributed by atoms with E-state index in [0.717, 1.165) is 24.1 Å². The van der Waals surface area contributed by atoms with Gasteiger partial charge in [-0.15, -0.1) is 0 Å². The van der Waals surface area contributed by atoms with Gasteiger partial charge in [0.15, 0.2) is 0 Å². The summed E-state index contributed by atoms with van der Waals surface area (Å²) in [5.41, 5.74) is 0.761. The third-order valence-corrected chi connectivity index (χ3v) is 5.32. The fourth-order valence-electron chi connectivity index (χ4n) is 3.70. The molecule has 0 aliphatic carbocycles. The lowest BCUT2D eigenvalue weighted by Gasteiger charge is -2.26. The van der Waals surface area contributed by atoms with Crippen LogP contribution in [0.5, 0.6) is 0 Å². The number of halogens is 3. The van der Waals surface area contributed by atoms with Gasteiger partial charge in [0, 0.05) is 6.54 Å². The fraction of sp³-hybridized carbons (Fsp3) is 0.364. The zero-order chi connectivity index (χ0) is 21.9. The predicted octanol–water partition coefficient (Wildman–Crippen LogP) is 4.25. The lowest BCUT2D eigenvalue weighted by Crippen LogP contribution is -2.43. The molecule has 0 bridgehead atoms. The number of benzene rings is 2. The molecule has 2 aromatic rings. The third kappa shape index (κ3) is 5.18. The molecule has 5 nitrogen and oxygen atoms in total. The molecule has 0 spiro atoms. The quantitative estimate of drug-likeness (QED) is 0.733. The van der Waals surface area contributed by atoms with Crippen molar-refractivity contribution in [2.75, 3.05) is 6.54 Å². The molecule has 1 fully saturated rings. The number of likely N-dealkylation sites (tertiary alicyclic amines) is 1. The van der Waals surface area contributed by atoms with E-state index in [1.807, 2.05) is 4.90 Å². The van der Waals surface area contributed by atoms with E-state index in [9.17, 15) is 22.8 Å². The van der Waals surface area contributed by atoms with Crippen molar-refractivity contribution in [3.8, 4) is 0 Å². The number of carboxylic acids is 1. The van der Waals surface area contributed by atoms with Crippen LogP contribution in [-0.2, 0) is 17.5 Å². The number of carbonyl (C=O) groups excluding carboxylic acids is 1. The van der Waals surface area contributed by atoms with Gasteiger partial charge in [0.2, 0.25) is 5.91 Å². The Labute approximate surface area is 172 Å². The standard InChI is InChI=1S/C22H23F3N2O3/c1-14(16-7-9-17(10-8-16)21(29)30)26-20(28)19-6-3-11-27(19)13-15-4-2-5-18(12-15)22(23,24)25/h2,4-5,7-10,12,14,19H,3,6,11,13H2,1H3,(H,26,28)(H,29,30)/t14-,19+/m0/s1. The maximum Gasteiger partial charge on any atom is 0.416 e. The minimum absolute atomic E-state index is 0.167. The molecule has 160 valence electrons. The summed E-state index contributed by atoms with van der Waals surface area (Å²) >= 11 is 0. The Morgan fingerprint density at radius 1 is 1.20 bits per heavy atom. The number of carbonyl (C=O) groups is 2. The summed E-state index contributed by atoms with van der Waals surface area (Å²) in [6, 6.07) is 10.7. The van der Waals surface area contributed by atoms with E-state index in [1.54, 1.807) is 25.1 Å². The fourth-order valence-corrected chi connectivity index (χ4v) is 3.70. The topological polar surface area (TPSA) is 69.6 Å². The smallest absolute Gasteiger partial charge is 0.416 e. The second-order valence-corrected chi connectivity index (χ2v) is 7.48. The first kappa shape index (κ1) is 21.8. The molecule has 2 aromatic carbocycles. The van der Waals surface area contributed by atoms with Crippen LogP contribution in [0.25, 0.3) is 0 Å². The van der Waals surface area contributed by atoms with Crippen molar-refractivity contribution in [1.82, 2.24) is 10.2 Å². The average Bonchev–Trinajstić information content (AvgIpc) is 3.15. The molecule has 1 aliphatic heterocycles. The predicted molar refractivity (Wildman–Crippen MR) is 105 cm³/mol. The second kappa shape index (κ2) is 8.87. The van der Waals surface area contributed by atoms with Crippen molar-refractivity contribution in [3.05, 3.63) is 70.8 Å². The van der Waals surface area contributed by atoms with E-state index >= 15 is 0 Å². The molecule has 1 heterocycles. The summed E-state index contributed by atoms with van der Waals surface area (Å²) in [6.45, 7) is 2.71. The molecule has 1 aliphatic rings. The highest BCUT2D eigenvalue weighted by Crippen LogP contribution is 2.30. The normalized spacial score (nSPS) is 18.2. The highest BCUT2D eigenvalue weighted by molar-refractivity contribution is 5.87. The largest absolute Gasteiger partial charge is 0.478 e. The van der Waals surface area contributed by atoms with Gasteiger partial charge in [0.25, 0.3) is 0 Å². The molecule has 0 saturated carbocycles. The molecule has 2 atom stereocenters. The Morgan fingerprint density at radius 3 is 2.53 bits per heavy atom. The van der Waals surface area contributed by atoms with Gasteiger partial charge in [0.1, 0.15) is 0 Å². The number of nitrogens with one attached hydrogen (secondary N) is 1. The highest BCUT2D eigenvalue weighted by atomic mass is 19.4. The van der Waals surface area contributed by atoms with Crippen molar-refractivity contribution in [2.24, 2.45) is 0 Å².